The highest BCUT2D eigenvalue weighted by atomic mass is 32.2. The first-order chi connectivity index (χ1) is 9.25. The van der Waals surface area contributed by atoms with Gasteiger partial charge in [-0.25, -0.2) is 0 Å². The second kappa shape index (κ2) is 5.40. The zero-order valence-corrected chi connectivity index (χ0v) is 11.7. The monoisotopic (exact) mass is 281 g/mol. The fourth-order valence-electron chi connectivity index (χ4n) is 2.42. The van der Waals surface area contributed by atoms with E-state index in [0.29, 0.717) is 17.7 Å². The first-order valence-corrected chi connectivity index (χ1v) is 7.85. The van der Waals surface area contributed by atoms with Gasteiger partial charge in [0.25, 0.3) is 0 Å². The molecule has 2 aliphatic rings. The van der Waals surface area contributed by atoms with Crippen LogP contribution in [0.1, 0.15) is 38.1 Å². The number of amides is 1. The average Bonchev–Trinajstić information content (AvgIpc) is 3.21. The standard InChI is InChI=1S/C12H19N5OS/c13-11-14-15-12(17(11)9-4-5-9)19-8-10(18)16-6-2-1-3-7-16/h9H,1-8H2,(H2,13,14). The summed E-state index contributed by atoms with van der Waals surface area (Å²) in [5.41, 5.74) is 5.81. The quantitative estimate of drug-likeness (QED) is 0.842. The van der Waals surface area contributed by atoms with Crippen LogP contribution < -0.4 is 5.73 Å². The van der Waals surface area contributed by atoms with E-state index in [-0.39, 0.29) is 5.91 Å². The van der Waals surface area contributed by atoms with Gasteiger partial charge in [0.15, 0.2) is 5.16 Å². The smallest absolute Gasteiger partial charge is 0.233 e. The second-order valence-corrected chi connectivity index (χ2v) is 6.11. The molecule has 1 aliphatic carbocycles. The lowest BCUT2D eigenvalue weighted by Crippen LogP contribution is -2.36. The zero-order chi connectivity index (χ0) is 13.2. The molecule has 2 fully saturated rings. The summed E-state index contributed by atoms with van der Waals surface area (Å²) in [6.45, 7) is 1.80. The van der Waals surface area contributed by atoms with Gasteiger partial charge in [0.2, 0.25) is 11.9 Å². The van der Waals surface area contributed by atoms with E-state index in [4.69, 9.17) is 5.73 Å². The van der Waals surface area contributed by atoms with Gasteiger partial charge in [-0.2, -0.15) is 0 Å². The molecule has 1 saturated heterocycles. The Morgan fingerprint density at radius 2 is 2.00 bits per heavy atom. The first-order valence-electron chi connectivity index (χ1n) is 6.86. The number of aromatic nitrogens is 3. The Hall–Kier alpha value is -1.24. The molecule has 6 nitrogen and oxygen atoms in total. The number of thioether (sulfide) groups is 1. The minimum atomic E-state index is 0.202. The number of hydrogen-bond acceptors (Lipinski definition) is 5. The van der Waals surface area contributed by atoms with E-state index in [1.165, 1.54) is 18.2 Å². The summed E-state index contributed by atoms with van der Waals surface area (Å²) in [5.74, 6) is 1.11. The Morgan fingerprint density at radius 1 is 1.26 bits per heavy atom. The molecule has 0 bridgehead atoms. The minimum Gasteiger partial charge on any atom is -0.368 e. The maximum atomic E-state index is 12.1. The van der Waals surface area contributed by atoms with Crippen molar-refractivity contribution in [3.05, 3.63) is 0 Å². The third-order valence-electron chi connectivity index (χ3n) is 3.64. The molecule has 1 amide bonds. The zero-order valence-electron chi connectivity index (χ0n) is 10.9. The lowest BCUT2D eigenvalue weighted by molar-refractivity contribution is -0.129. The van der Waals surface area contributed by atoms with Crippen molar-refractivity contribution in [1.82, 2.24) is 19.7 Å². The van der Waals surface area contributed by atoms with E-state index >= 15 is 0 Å². The van der Waals surface area contributed by atoms with Crippen LogP contribution in [0.25, 0.3) is 0 Å². The number of nitrogens with zero attached hydrogens (tertiary/aromatic N) is 4. The molecule has 1 aliphatic heterocycles. The molecule has 3 rings (SSSR count). The number of carbonyl (C=O) groups is 1. The number of nitrogens with two attached hydrogens (primary N) is 1. The maximum Gasteiger partial charge on any atom is 0.233 e. The SMILES string of the molecule is Nc1nnc(SCC(=O)N2CCCCC2)n1C1CC1. The van der Waals surface area contributed by atoms with E-state index < -0.39 is 0 Å². The maximum absolute atomic E-state index is 12.1. The number of rotatable bonds is 4. The van der Waals surface area contributed by atoms with Crippen LogP contribution in [-0.2, 0) is 4.79 Å². The highest BCUT2D eigenvalue weighted by molar-refractivity contribution is 7.99. The van der Waals surface area contributed by atoms with E-state index in [1.807, 2.05) is 9.47 Å². The molecule has 2 N–H and O–H groups in total. The molecule has 0 spiro atoms. The van der Waals surface area contributed by atoms with Gasteiger partial charge in [-0.15, -0.1) is 10.2 Å². The van der Waals surface area contributed by atoms with Crippen LogP contribution in [0.3, 0.4) is 0 Å². The van der Waals surface area contributed by atoms with Gasteiger partial charge in [-0.05, 0) is 32.1 Å². The minimum absolute atomic E-state index is 0.202. The van der Waals surface area contributed by atoms with Crippen molar-refractivity contribution in [3.63, 3.8) is 0 Å². The van der Waals surface area contributed by atoms with Crippen molar-refractivity contribution in [1.29, 1.82) is 0 Å². The highest BCUT2D eigenvalue weighted by Gasteiger charge is 2.29. The summed E-state index contributed by atoms with van der Waals surface area (Å²) >= 11 is 1.46. The number of hydrogen-bond donors (Lipinski definition) is 1. The Labute approximate surface area is 116 Å². The number of nitrogen functional groups attached to an aromatic ring is 1. The number of carbonyl (C=O) groups excluding carboxylic acids is 1. The molecule has 0 atom stereocenters. The lowest BCUT2D eigenvalue weighted by Gasteiger charge is -2.26. The molecular formula is C12H19N5OS. The third kappa shape index (κ3) is 2.86. The van der Waals surface area contributed by atoms with Crippen LogP contribution in [0.5, 0.6) is 0 Å². The molecule has 104 valence electrons. The normalized spacial score (nSPS) is 19.7. The van der Waals surface area contributed by atoms with Gasteiger partial charge in [0.1, 0.15) is 0 Å². The van der Waals surface area contributed by atoms with Crippen LogP contribution in [0.4, 0.5) is 5.95 Å². The van der Waals surface area contributed by atoms with Crippen molar-refractivity contribution < 1.29 is 4.79 Å². The Morgan fingerprint density at radius 3 is 2.68 bits per heavy atom. The molecule has 1 aromatic heterocycles. The second-order valence-electron chi connectivity index (χ2n) is 5.17. The van der Waals surface area contributed by atoms with Gasteiger partial charge < -0.3 is 10.6 Å². The van der Waals surface area contributed by atoms with Crippen LogP contribution in [0, 0.1) is 0 Å². The molecule has 2 heterocycles. The largest absolute Gasteiger partial charge is 0.368 e. The lowest BCUT2D eigenvalue weighted by atomic mass is 10.1. The number of anilines is 1. The molecule has 1 aromatic rings. The van der Waals surface area contributed by atoms with Crippen molar-refractivity contribution in [2.75, 3.05) is 24.6 Å². The van der Waals surface area contributed by atoms with Crippen LogP contribution in [-0.4, -0.2) is 44.4 Å². The van der Waals surface area contributed by atoms with Gasteiger partial charge in [0.05, 0.1) is 5.75 Å². The Bertz CT molecular complexity index is 465. The molecule has 0 aromatic carbocycles. The van der Waals surface area contributed by atoms with Crippen molar-refractivity contribution in [3.8, 4) is 0 Å². The van der Waals surface area contributed by atoms with Crippen LogP contribution >= 0.6 is 11.8 Å². The van der Waals surface area contributed by atoms with Gasteiger partial charge in [0, 0.05) is 19.1 Å². The Kier molecular flexibility index (Phi) is 3.63. The molecule has 1 saturated carbocycles. The topological polar surface area (TPSA) is 77.0 Å². The average molecular weight is 281 g/mol. The summed E-state index contributed by atoms with van der Waals surface area (Å²) in [6.07, 6.45) is 5.76. The van der Waals surface area contributed by atoms with Crippen molar-refractivity contribution in [2.45, 2.75) is 43.3 Å². The van der Waals surface area contributed by atoms with E-state index in [0.717, 1.165) is 43.9 Å². The van der Waals surface area contributed by atoms with E-state index in [1.54, 1.807) is 0 Å². The van der Waals surface area contributed by atoms with Gasteiger partial charge in [-0.3, -0.25) is 9.36 Å². The summed E-state index contributed by atoms with van der Waals surface area (Å²) in [4.78, 5) is 14.0. The summed E-state index contributed by atoms with van der Waals surface area (Å²) < 4.78 is 1.97. The van der Waals surface area contributed by atoms with Gasteiger partial charge >= 0.3 is 0 Å². The molecular weight excluding hydrogens is 262 g/mol. The fraction of sp³-hybridized carbons (Fsp3) is 0.750. The first kappa shape index (κ1) is 12.8. The molecule has 0 radical (unpaired) electrons. The molecule has 19 heavy (non-hydrogen) atoms. The summed E-state index contributed by atoms with van der Waals surface area (Å²) in [6, 6.07) is 0.447. The predicted octanol–water partition coefficient (Wildman–Crippen LogP) is 1.30. The van der Waals surface area contributed by atoms with E-state index in [9.17, 15) is 4.79 Å². The number of piperidine rings is 1. The van der Waals surface area contributed by atoms with Crippen LogP contribution in [0.2, 0.25) is 0 Å². The molecule has 7 heteroatoms. The predicted molar refractivity (Wildman–Crippen MR) is 73.9 cm³/mol. The van der Waals surface area contributed by atoms with Gasteiger partial charge in [-0.1, -0.05) is 11.8 Å². The number of likely N-dealkylation sites (tertiary alicyclic amines) is 1. The van der Waals surface area contributed by atoms with E-state index in [2.05, 4.69) is 10.2 Å². The fourth-order valence-corrected chi connectivity index (χ4v) is 3.34. The van der Waals surface area contributed by atoms with Crippen LogP contribution in [0.15, 0.2) is 5.16 Å². The molecule has 0 unspecified atom stereocenters. The van der Waals surface area contributed by atoms with Crippen molar-refractivity contribution >= 4 is 23.6 Å². The summed E-state index contributed by atoms with van der Waals surface area (Å²) in [7, 11) is 0. The summed E-state index contributed by atoms with van der Waals surface area (Å²) in [5, 5.41) is 8.77. The Balaban J connectivity index is 1.58. The van der Waals surface area contributed by atoms with Crippen molar-refractivity contribution in [2.24, 2.45) is 0 Å². The third-order valence-corrected chi connectivity index (χ3v) is 4.56. The highest BCUT2D eigenvalue weighted by Crippen LogP contribution is 2.39.